The van der Waals surface area contributed by atoms with Gasteiger partial charge in [0.05, 0.1) is 10.6 Å². The summed E-state index contributed by atoms with van der Waals surface area (Å²) in [5.74, 6) is -0.371. The van der Waals surface area contributed by atoms with Crippen molar-refractivity contribution in [2.24, 2.45) is 0 Å². The van der Waals surface area contributed by atoms with Crippen molar-refractivity contribution in [3.8, 4) is 0 Å². The molecule has 0 saturated carbocycles. The molecule has 0 amide bonds. The summed E-state index contributed by atoms with van der Waals surface area (Å²) in [6.07, 6.45) is 1.29. The smallest absolute Gasteiger partial charge is 0.137 e. The molecule has 1 N–H and O–H groups in total. The van der Waals surface area contributed by atoms with Gasteiger partial charge in [0, 0.05) is 18.3 Å². The molecule has 0 aliphatic carbocycles. The molecular weight excluding hydrogens is 297 g/mol. The van der Waals surface area contributed by atoms with Crippen LogP contribution in [0.3, 0.4) is 0 Å². The Morgan fingerprint density at radius 3 is 2.83 bits per heavy atom. The van der Waals surface area contributed by atoms with Gasteiger partial charge in [0.2, 0.25) is 0 Å². The Morgan fingerprint density at radius 1 is 1.33 bits per heavy atom. The lowest BCUT2D eigenvalue weighted by atomic mass is 10.0. The van der Waals surface area contributed by atoms with E-state index in [2.05, 4.69) is 20.9 Å². The van der Waals surface area contributed by atoms with Crippen LogP contribution in [0.4, 0.5) is 4.39 Å². The molecular formula is C14H13BrFNO. The maximum absolute atomic E-state index is 13.4. The molecule has 0 saturated heterocycles. The van der Waals surface area contributed by atoms with Crippen LogP contribution in [0.25, 0.3) is 0 Å². The van der Waals surface area contributed by atoms with Crippen LogP contribution in [0.2, 0.25) is 0 Å². The Labute approximate surface area is 114 Å². The minimum absolute atomic E-state index is 0.311. The molecule has 1 aromatic heterocycles. The van der Waals surface area contributed by atoms with Crippen molar-refractivity contribution >= 4 is 15.9 Å². The van der Waals surface area contributed by atoms with Crippen molar-refractivity contribution in [1.29, 1.82) is 0 Å². The second-order valence-corrected chi connectivity index (χ2v) is 4.92. The summed E-state index contributed by atoms with van der Waals surface area (Å²) >= 11 is 3.16. The van der Waals surface area contributed by atoms with Crippen LogP contribution in [-0.2, 0) is 6.42 Å². The van der Waals surface area contributed by atoms with Crippen LogP contribution in [0.15, 0.2) is 41.0 Å². The molecule has 1 unspecified atom stereocenters. The molecule has 4 heteroatoms. The number of aliphatic hydroxyl groups is 1. The summed E-state index contributed by atoms with van der Waals surface area (Å²) in [4.78, 5) is 4.23. The number of nitrogens with zero attached hydrogens (tertiary/aromatic N) is 1. The predicted octanol–water partition coefficient (Wildman–Crippen LogP) is 3.57. The fraction of sp³-hybridized carbons (Fsp3) is 0.214. The number of aryl methyl sites for hydroxylation is 1. The number of hydrogen-bond donors (Lipinski definition) is 1. The standard InChI is InChI=1S/C14H13BrFNO/c1-9-4-3-7-17-12(9)8-13(18)10-5-2-6-11(16)14(10)15/h2-7,13,18H,8H2,1H3. The summed E-state index contributed by atoms with van der Waals surface area (Å²) in [6.45, 7) is 1.94. The van der Waals surface area contributed by atoms with Gasteiger partial charge in [-0.2, -0.15) is 0 Å². The van der Waals surface area contributed by atoms with E-state index in [1.165, 1.54) is 6.07 Å². The lowest BCUT2D eigenvalue weighted by Crippen LogP contribution is -2.06. The van der Waals surface area contributed by atoms with Crippen molar-refractivity contribution in [2.45, 2.75) is 19.4 Å². The second kappa shape index (κ2) is 5.59. The topological polar surface area (TPSA) is 33.1 Å². The lowest BCUT2D eigenvalue weighted by Gasteiger charge is -2.14. The third-order valence-corrected chi connectivity index (χ3v) is 3.68. The van der Waals surface area contributed by atoms with Crippen molar-refractivity contribution in [3.63, 3.8) is 0 Å². The Kier molecular flexibility index (Phi) is 4.09. The summed E-state index contributed by atoms with van der Waals surface area (Å²) in [6, 6.07) is 8.44. The van der Waals surface area contributed by atoms with Gasteiger partial charge in [-0.15, -0.1) is 0 Å². The van der Waals surface area contributed by atoms with Crippen molar-refractivity contribution in [3.05, 3.63) is 63.6 Å². The second-order valence-electron chi connectivity index (χ2n) is 4.13. The fourth-order valence-corrected chi connectivity index (χ4v) is 2.33. The Bertz CT molecular complexity index is 559. The number of aliphatic hydroxyl groups excluding tert-OH is 1. The molecule has 0 radical (unpaired) electrons. The highest BCUT2D eigenvalue weighted by Gasteiger charge is 2.15. The van der Waals surface area contributed by atoms with Gasteiger partial charge in [-0.3, -0.25) is 4.98 Å². The first-order chi connectivity index (χ1) is 8.59. The molecule has 1 aromatic carbocycles. The van der Waals surface area contributed by atoms with Gasteiger partial charge in [-0.25, -0.2) is 4.39 Å². The van der Waals surface area contributed by atoms with Gasteiger partial charge >= 0.3 is 0 Å². The van der Waals surface area contributed by atoms with Crippen LogP contribution >= 0.6 is 15.9 Å². The molecule has 0 bridgehead atoms. The normalized spacial score (nSPS) is 12.4. The number of aromatic nitrogens is 1. The summed E-state index contributed by atoms with van der Waals surface area (Å²) in [7, 11) is 0. The average molecular weight is 310 g/mol. The lowest BCUT2D eigenvalue weighted by molar-refractivity contribution is 0.175. The highest BCUT2D eigenvalue weighted by molar-refractivity contribution is 9.10. The molecule has 18 heavy (non-hydrogen) atoms. The van der Waals surface area contributed by atoms with Gasteiger partial charge in [-0.1, -0.05) is 18.2 Å². The number of rotatable bonds is 3. The van der Waals surface area contributed by atoms with Gasteiger partial charge in [0.15, 0.2) is 0 Å². The summed E-state index contributed by atoms with van der Waals surface area (Å²) < 4.78 is 13.7. The SMILES string of the molecule is Cc1cccnc1CC(O)c1cccc(F)c1Br. The summed E-state index contributed by atoms with van der Waals surface area (Å²) in [5, 5.41) is 10.2. The van der Waals surface area contributed by atoms with E-state index >= 15 is 0 Å². The van der Waals surface area contributed by atoms with Gasteiger partial charge in [0.25, 0.3) is 0 Å². The molecule has 0 fully saturated rings. The zero-order valence-corrected chi connectivity index (χ0v) is 11.5. The van der Waals surface area contributed by atoms with E-state index in [1.807, 2.05) is 19.1 Å². The maximum Gasteiger partial charge on any atom is 0.137 e. The monoisotopic (exact) mass is 309 g/mol. The first-order valence-electron chi connectivity index (χ1n) is 5.62. The van der Waals surface area contributed by atoms with E-state index in [-0.39, 0.29) is 5.82 Å². The maximum atomic E-state index is 13.4. The predicted molar refractivity (Wildman–Crippen MR) is 71.7 cm³/mol. The average Bonchev–Trinajstić information content (AvgIpc) is 2.35. The van der Waals surface area contributed by atoms with Crippen molar-refractivity contribution < 1.29 is 9.50 Å². The van der Waals surface area contributed by atoms with E-state index in [1.54, 1.807) is 18.3 Å². The van der Waals surface area contributed by atoms with Gasteiger partial charge < -0.3 is 5.11 Å². The molecule has 0 aliphatic rings. The first-order valence-corrected chi connectivity index (χ1v) is 6.41. The minimum Gasteiger partial charge on any atom is -0.388 e. The minimum atomic E-state index is -0.774. The Morgan fingerprint density at radius 2 is 2.11 bits per heavy atom. The third-order valence-electron chi connectivity index (χ3n) is 2.85. The van der Waals surface area contributed by atoms with Gasteiger partial charge in [0.1, 0.15) is 5.82 Å². The number of pyridine rings is 1. The van der Waals surface area contributed by atoms with Crippen LogP contribution < -0.4 is 0 Å². The number of halogens is 2. The summed E-state index contributed by atoms with van der Waals surface area (Å²) in [5.41, 5.74) is 2.38. The first kappa shape index (κ1) is 13.2. The zero-order valence-electron chi connectivity index (χ0n) is 9.90. The number of hydrogen-bond acceptors (Lipinski definition) is 2. The number of benzene rings is 1. The fourth-order valence-electron chi connectivity index (χ4n) is 1.80. The van der Waals surface area contributed by atoms with Crippen molar-refractivity contribution in [1.82, 2.24) is 4.98 Å². The molecule has 1 atom stereocenters. The van der Waals surface area contributed by atoms with E-state index in [4.69, 9.17) is 0 Å². The van der Waals surface area contributed by atoms with E-state index in [0.717, 1.165) is 11.3 Å². The zero-order chi connectivity index (χ0) is 13.1. The van der Waals surface area contributed by atoms with Crippen LogP contribution in [0.5, 0.6) is 0 Å². The highest BCUT2D eigenvalue weighted by atomic mass is 79.9. The molecule has 2 nitrogen and oxygen atoms in total. The largest absolute Gasteiger partial charge is 0.388 e. The Hall–Kier alpha value is -1.26. The van der Waals surface area contributed by atoms with Gasteiger partial charge in [-0.05, 0) is 46.1 Å². The van der Waals surface area contributed by atoms with Crippen LogP contribution in [-0.4, -0.2) is 10.1 Å². The van der Waals surface area contributed by atoms with E-state index in [9.17, 15) is 9.50 Å². The Balaban J connectivity index is 2.25. The highest BCUT2D eigenvalue weighted by Crippen LogP contribution is 2.28. The third kappa shape index (κ3) is 2.76. The molecule has 0 aliphatic heterocycles. The van der Waals surface area contributed by atoms with Crippen molar-refractivity contribution in [2.75, 3.05) is 0 Å². The molecule has 2 rings (SSSR count). The van der Waals surface area contributed by atoms with E-state index in [0.29, 0.717) is 16.5 Å². The van der Waals surface area contributed by atoms with Crippen LogP contribution in [0, 0.1) is 12.7 Å². The molecule has 94 valence electrons. The molecule has 2 aromatic rings. The molecule has 1 heterocycles. The van der Waals surface area contributed by atoms with Crippen LogP contribution in [0.1, 0.15) is 22.9 Å². The van der Waals surface area contributed by atoms with E-state index < -0.39 is 6.10 Å². The quantitative estimate of drug-likeness (QED) is 0.940. The molecule has 0 spiro atoms.